The van der Waals surface area contributed by atoms with Crippen LogP contribution in [0.5, 0.6) is 5.75 Å². The van der Waals surface area contributed by atoms with Crippen LogP contribution in [0.15, 0.2) is 47.0 Å². The second-order valence-corrected chi connectivity index (χ2v) is 6.23. The number of hydrogen-bond acceptors (Lipinski definition) is 6. The molecule has 3 rings (SSSR count). The van der Waals surface area contributed by atoms with Gasteiger partial charge in [0.15, 0.2) is 0 Å². The third-order valence-electron chi connectivity index (χ3n) is 3.83. The van der Waals surface area contributed by atoms with Crippen molar-refractivity contribution in [3.8, 4) is 23.2 Å². The number of nitrogens with zero attached hydrogens (tertiary/aromatic N) is 3. The molecule has 0 atom stereocenters. The Kier molecular flexibility index (Phi) is 6.25. The molecular formula is C20H17ClN4O3. The van der Waals surface area contributed by atoms with Crippen LogP contribution in [0.4, 0.5) is 5.69 Å². The van der Waals surface area contributed by atoms with Crippen LogP contribution in [0.1, 0.15) is 24.8 Å². The van der Waals surface area contributed by atoms with Gasteiger partial charge in [0.05, 0.1) is 17.2 Å². The van der Waals surface area contributed by atoms with Crippen molar-refractivity contribution >= 4 is 23.2 Å². The number of aromatic nitrogens is 2. The lowest BCUT2D eigenvalue weighted by Gasteiger charge is -2.05. The minimum Gasteiger partial charge on any atom is -0.494 e. The van der Waals surface area contributed by atoms with Crippen molar-refractivity contribution in [2.45, 2.75) is 19.8 Å². The number of carbonyl (C=O) groups excluding carboxylic acids is 1. The summed E-state index contributed by atoms with van der Waals surface area (Å²) in [6, 6.07) is 14.1. The van der Waals surface area contributed by atoms with Crippen molar-refractivity contribution in [3.63, 3.8) is 0 Å². The number of ether oxygens (including phenoxy) is 1. The number of aryl methyl sites for hydroxylation is 1. The van der Waals surface area contributed by atoms with Crippen LogP contribution in [0.3, 0.4) is 0 Å². The predicted octanol–water partition coefficient (Wildman–Crippen LogP) is 4.23. The highest BCUT2D eigenvalue weighted by molar-refractivity contribution is 6.31. The number of nitrogens with one attached hydrogen (secondary N) is 1. The third-order valence-corrected chi connectivity index (χ3v) is 4.16. The lowest BCUT2D eigenvalue weighted by atomic mass is 10.2. The van der Waals surface area contributed by atoms with E-state index < -0.39 is 0 Å². The molecule has 0 bridgehead atoms. The molecule has 0 spiro atoms. The first kappa shape index (κ1) is 19.4. The molecule has 0 radical (unpaired) electrons. The van der Waals surface area contributed by atoms with Gasteiger partial charge in [0.2, 0.25) is 17.6 Å². The van der Waals surface area contributed by atoms with E-state index in [1.165, 1.54) is 6.07 Å². The van der Waals surface area contributed by atoms with E-state index in [2.05, 4.69) is 15.5 Å². The molecule has 7 nitrogen and oxygen atoms in total. The Morgan fingerprint density at radius 2 is 2.07 bits per heavy atom. The van der Waals surface area contributed by atoms with E-state index in [0.717, 1.165) is 11.3 Å². The fourth-order valence-corrected chi connectivity index (χ4v) is 2.63. The number of hydrogen-bond donors (Lipinski definition) is 1. The van der Waals surface area contributed by atoms with Crippen LogP contribution < -0.4 is 10.1 Å². The first-order valence-corrected chi connectivity index (χ1v) is 9.02. The number of anilines is 1. The van der Waals surface area contributed by atoms with Gasteiger partial charge in [0, 0.05) is 24.1 Å². The second-order valence-electron chi connectivity index (χ2n) is 5.82. The Balaban J connectivity index is 1.56. The van der Waals surface area contributed by atoms with Crippen molar-refractivity contribution in [2.75, 3.05) is 11.9 Å². The van der Waals surface area contributed by atoms with E-state index in [1.807, 2.05) is 37.3 Å². The molecule has 142 valence electrons. The zero-order valence-corrected chi connectivity index (χ0v) is 15.9. The van der Waals surface area contributed by atoms with Crippen LogP contribution in [-0.2, 0) is 11.2 Å². The smallest absolute Gasteiger partial charge is 0.227 e. The molecule has 0 aliphatic heterocycles. The molecule has 1 aromatic heterocycles. The molecule has 1 heterocycles. The van der Waals surface area contributed by atoms with Crippen LogP contribution >= 0.6 is 11.6 Å². The summed E-state index contributed by atoms with van der Waals surface area (Å²) in [5, 5.41) is 16.0. The maximum Gasteiger partial charge on any atom is 0.227 e. The quantitative estimate of drug-likeness (QED) is 0.641. The monoisotopic (exact) mass is 396 g/mol. The molecule has 1 N–H and O–H groups in total. The Hall–Kier alpha value is -3.37. The van der Waals surface area contributed by atoms with Crippen LogP contribution in [-0.4, -0.2) is 22.7 Å². The highest BCUT2D eigenvalue weighted by Crippen LogP contribution is 2.21. The van der Waals surface area contributed by atoms with E-state index >= 15 is 0 Å². The van der Waals surface area contributed by atoms with Gasteiger partial charge in [-0.15, -0.1) is 0 Å². The molecule has 0 aliphatic carbocycles. The third kappa shape index (κ3) is 4.87. The molecule has 3 aromatic rings. The van der Waals surface area contributed by atoms with E-state index in [0.29, 0.717) is 41.0 Å². The average molecular weight is 397 g/mol. The van der Waals surface area contributed by atoms with Gasteiger partial charge in [0.1, 0.15) is 11.8 Å². The Bertz CT molecular complexity index is 1010. The molecule has 0 unspecified atom stereocenters. The van der Waals surface area contributed by atoms with Crippen molar-refractivity contribution in [1.82, 2.24) is 10.1 Å². The van der Waals surface area contributed by atoms with Gasteiger partial charge in [0.25, 0.3) is 0 Å². The van der Waals surface area contributed by atoms with Crippen LogP contribution in [0.2, 0.25) is 5.02 Å². The largest absolute Gasteiger partial charge is 0.494 e. The van der Waals surface area contributed by atoms with Gasteiger partial charge in [-0.25, -0.2) is 0 Å². The summed E-state index contributed by atoms with van der Waals surface area (Å²) >= 11 is 5.88. The zero-order chi connectivity index (χ0) is 19.9. The fourth-order valence-electron chi connectivity index (χ4n) is 2.47. The normalized spacial score (nSPS) is 10.3. The SMILES string of the molecule is CCOc1ccc(-c2noc(CCC(=O)Nc3ccc(Cl)c(C#N)c3)n2)cc1. The van der Waals surface area contributed by atoms with E-state index in [1.54, 1.807) is 12.1 Å². The minimum absolute atomic E-state index is 0.162. The lowest BCUT2D eigenvalue weighted by molar-refractivity contribution is -0.116. The number of rotatable bonds is 7. The number of amides is 1. The van der Waals surface area contributed by atoms with Gasteiger partial charge in [-0.3, -0.25) is 4.79 Å². The van der Waals surface area contributed by atoms with Crippen LogP contribution in [0.25, 0.3) is 11.4 Å². The van der Waals surface area contributed by atoms with Gasteiger partial charge < -0.3 is 14.6 Å². The van der Waals surface area contributed by atoms with Crippen molar-refractivity contribution in [3.05, 3.63) is 58.9 Å². The molecule has 0 aliphatic rings. The van der Waals surface area contributed by atoms with E-state index in [4.69, 9.17) is 26.1 Å². The van der Waals surface area contributed by atoms with Gasteiger partial charge in [-0.1, -0.05) is 16.8 Å². The Morgan fingerprint density at radius 1 is 1.29 bits per heavy atom. The molecule has 0 saturated heterocycles. The predicted molar refractivity (Wildman–Crippen MR) is 104 cm³/mol. The van der Waals surface area contributed by atoms with E-state index in [-0.39, 0.29) is 12.3 Å². The summed E-state index contributed by atoms with van der Waals surface area (Å²) in [5.41, 5.74) is 1.61. The molecule has 28 heavy (non-hydrogen) atoms. The Labute approximate surface area is 166 Å². The summed E-state index contributed by atoms with van der Waals surface area (Å²) in [7, 11) is 0. The molecule has 0 saturated carbocycles. The molecule has 0 fully saturated rings. The number of halogens is 1. The summed E-state index contributed by atoms with van der Waals surface area (Å²) in [4.78, 5) is 16.4. The number of benzene rings is 2. The molecule has 2 aromatic carbocycles. The van der Waals surface area contributed by atoms with Gasteiger partial charge in [-0.05, 0) is 49.4 Å². The summed E-state index contributed by atoms with van der Waals surface area (Å²) < 4.78 is 10.6. The highest BCUT2D eigenvalue weighted by atomic mass is 35.5. The first-order chi connectivity index (χ1) is 13.6. The highest BCUT2D eigenvalue weighted by Gasteiger charge is 2.12. The summed E-state index contributed by atoms with van der Waals surface area (Å²) in [6.07, 6.45) is 0.462. The molecule has 1 amide bonds. The molecule has 8 heteroatoms. The van der Waals surface area contributed by atoms with Crippen molar-refractivity contribution in [2.24, 2.45) is 0 Å². The van der Waals surface area contributed by atoms with Crippen molar-refractivity contribution in [1.29, 1.82) is 5.26 Å². The first-order valence-electron chi connectivity index (χ1n) is 8.64. The second kappa shape index (κ2) is 9.02. The van der Waals surface area contributed by atoms with E-state index in [9.17, 15) is 4.79 Å². The fraction of sp³-hybridized carbons (Fsp3) is 0.200. The lowest BCUT2D eigenvalue weighted by Crippen LogP contribution is -2.12. The zero-order valence-electron chi connectivity index (χ0n) is 15.1. The maximum atomic E-state index is 12.1. The van der Waals surface area contributed by atoms with Crippen LogP contribution in [0, 0.1) is 11.3 Å². The minimum atomic E-state index is -0.230. The molecular weight excluding hydrogens is 380 g/mol. The van der Waals surface area contributed by atoms with Gasteiger partial charge >= 0.3 is 0 Å². The number of carbonyl (C=O) groups is 1. The topological polar surface area (TPSA) is 101 Å². The average Bonchev–Trinajstić information content (AvgIpc) is 3.18. The summed E-state index contributed by atoms with van der Waals surface area (Å²) in [5.74, 6) is 1.36. The van der Waals surface area contributed by atoms with Gasteiger partial charge in [-0.2, -0.15) is 10.2 Å². The standard InChI is InChI=1S/C20H17ClN4O3/c1-2-27-16-6-3-13(4-7-16)20-24-19(28-25-20)10-9-18(26)23-15-5-8-17(21)14(11-15)12-22/h3-8,11H,2,9-10H2,1H3,(H,23,26). The summed E-state index contributed by atoms with van der Waals surface area (Å²) in [6.45, 7) is 2.52. The maximum absolute atomic E-state index is 12.1. The van der Waals surface area contributed by atoms with Crippen molar-refractivity contribution < 1.29 is 14.1 Å². The number of nitriles is 1. The Morgan fingerprint density at radius 3 is 2.79 bits per heavy atom.